The van der Waals surface area contributed by atoms with Crippen molar-refractivity contribution >= 4 is 19.7 Å². The highest BCUT2D eigenvalue weighted by molar-refractivity contribution is 7.47. The number of carbonyl (C=O) groups excluding carboxylic acids is 2. The predicted octanol–water partition coefficient (Wildman–Crippen LogP) is 22.8. The topological polar surface area (TPSA) is 111 Å². The maximum absolute atomic E-state index is 13.6. The quantitative estimate of drug-likeness (QED) is 0.0205. The molecule has 3 unspecified atom stereocenters. The van der Waals surface area contributed by atoms with Gasteiger partial charge in [-0.25, -0.2) is 4.57 Å². The Morgan fingerprint density at radius 3 is 1.13 bits per heavy atom. The van der Waals surface area contributed by atoms with Gasteiger partial charge in [0.15, 0.2) is 0 Å². The van der Waals surface area contributed by atoms with E-state index in [9.17, 15) is 19.0 Å². The second-order valence-electron chi connectivity index (χ2n) is 24.7. The van der Waals surface area contributed by atoms with E-state index in [-0.39, 0.29) is 31.5 Å². The Labute approximate surface area is 536 Å². The molecule has 10 heteroatoms. The zero-order valence-corrected chi connectivity index (χ0v) is 57.9. The molecule has 0 heterocycles. The third-order valence-electron chi connectivity index (χ3n) is 15.1. The first-order valence-electron chi connectivity index (χ1n) is 35.5. The molecule has 0 aromatic heterocycles. The molecule has 1 amide bonds. The second-order valence-corrected chi connectivity index (χ2v) is 26.1. The van der Waals surface area contributed by atoms with Crippen LogP contribution in [0.25, 0.3) is 0 Å². The van der Waals surface area contributed by atoms with E-state index in [0.29, 0.717) is 23.9 Å². The number of esters is 1. The minimum Gasteiger partial charge on any atom is -0.456 e. The van der Waals surface area contributed by atoms with Crippen molar-refractivity contribution in [2.75, 3.05) is 40.9 Å². The monoisotopic (exact) mass is 1230 g/mol. The SMILES string of the molecule is CC/C=C\C/C=C\C/C=C\C/C=C\C/C=C\C/C=C\CCCCCCC(=O)OC(/C=C\CCCCCCCCCCC)C(COP(=O)(O)OCC[N+](C)(C)C)NC(=O)CCCCCCCCCCCCC/C=C\C/C=C\C/C=C\C/C=C\CCCCC. The van der Waals surface area contributed by atoms with Crippen molar-refractivity contribution in [2.45, 2.75) is 303 Å². The van der Waals surface area contributed by atoms with Crippen LogP contribution in [-0.2, 0) is 27.9 Å². The van der Waals surface area contributed by atoms with Gasteiger partial charge in [0.1, 0.15) is 19.3 Å². The van der Waals surface area contributed by atoms with E-state index < -0.39 is 20.0 Å². The van der Waals surface area contributed by atoms with Gasteiger partial charge in [0, 0.05) is 12.8 Å². The Kier molecular flexibility index (Phi) is 62.2. The van der Waals surface area contributed by atoms with E-state index in [1.165, 1.54) is 122 Å². The van der Waals surface area contributed by atoms with Gasteiger partial charge in [-0.1, -0.05) is 283 Å². The molecule has 0 aliphatic heterocycles. The number of unbranched alkanes of at least 4 members (excludes halogenated alkanes) is 27. The van der Waals surface area contributed by atoms with Gasteiger partial charge >= 0.3 is 13.8 Å². The molecule has 0 saturated carbocycles. The zero-order valence-electron chi connectivity index (χ0n) is 57.0. The third-order valence-corrected chi connectivity index (χ3v) is 16.1. The number of amides is 1. The Morgan fingerprint density at radius 1 is 0.414 bits per heavy atom. The lowest BCUT2D eigenvalue weighted by molar-refractivity contribution is -0.870. The van der Waals surface area contributed by atoms with Crippen molar-refractivity contribution in [1.29, 1.82) is 0 Å². The molecule has 0 radical (unpaired) electrons. The highest BCUT2D eigenvalue weighted by atomic mass is 31.2. The van der Waals surface area contributed by atoms with Crippen LogP contribution in [0, 0.1) is 0 Å². The molecule has 0 fully saturated rings. The molecular formula is C77H134N2O7P+. The van der Waals surface area contributed by atoms with Gasteiger partial charge in [0.25, 0.3) is 0 Å². The number of carbonyl (C=O) groups is 2. The molecule has 0 aromatic rings. The molecule has 0 aromatic carbocycles. The van der Waals surface area contributed by atoms with Gasteiger partial charge in [-0.3, -0.25) is 18.6 Å². The Bertz CT molecular complexity index is 1950. The number of phosphoric acid groups is 1. The fourth-order valence-electron chi connectivity index (χ4n) is 9.63. The smallest absolute Gasteiger partial charge is 0.456 e. The van der Waals surface area contributed by atoms with Crippen molar-refractivity contribution in [3.63, 3.8) is 0 Å². The van der Waals surface area contributed by atoms with Gasteiger partial charge in [-0.15, -0.1) is 0 Å². The van der Waals surface area contributed by atoms with E-state index in [1.54, 1.807) is 0 Å². The highest BCUT2D eigenvalue weighted by Crippen LogP contribution is 2.43. The summed E-state index contributed by atoms with van der Waals surface area (Å²) >= 11 is 0. The number of rotatable bonds is 63. The average molecular weight is 1230 g/mol. The number of ether oxygens (including phenoxy) is 1. The molecule has 0 aliphatic carbocycles. The van der Waals surface area contributed by atoms with Gasteiger partial charge < -0.3 is 19.4 Å². The lowest BCUT2D eigenvalue weighted by atomic mass is 10.0. The molecule has 0 bridgehead atoms. The van der Waals surface area contributed by atoms with E-state index in [1.807, 2.05) is 33.3 Å². The Hall–Kier alpha value is -3.85. The van der Waals surface area contributed by atoms with Crippen LogP contribution in [0.3, 0.4) is 0 Å². The van der Waals surface area contributed by atoms with Crippen molar-refractivity contribution < 1.29 is 37.3 Å². The lowest BCUT2D eigenvalue weighted by Crippen LogP contribution is -2.47. The third kappa shape index (κ3) is 66.4. The van der Waals surface area contributed by atoms with Crippen LogP contribution in [0.5, 0.6) is 0 Å². The van der Waals surface area contributed by atoms with Gasteiger partial charge in [0.2, 0.25) is 5.91 Å². The van der Waals surface area contributed by atoms with E-state index in [0.717, 1.165) is 128 Å². The van der Waals surface area contributed by atoms with Crippen LogP contribution in [0.1, 0.15) is 290 Å². The molecule has 498 valence electrons. The maximum atomic E-state index is 13.6. The summed E-state index contributed by atoms with van der Waals surface area (Å²) in [5.41, 5.74) is 0. The molecule has 0 rings (SSSR count). The maximum Gasteiger partial charge on any atom is 0.472 e. The minimum absolute atomic E-state index is 0.0284. The number of allylic oxidation sites excluding steroid dienone is 21. The molecule has 0 spiro atoms. The summed E-state index contributed by atoms with van der Waals surface area (Å²) in [6.07, 6.45) is 93.2. The summed E-state index contributed by atoms with van der Waals surface area (Å²) < 4.78 is 30.8. The Morgan fingerprint density at radius 2 is 0.736 bits per heavy atom. The molecule has 9 nitrogen and oxygen atoms in total. The molecule has 3 atom stereocenters. The predicted molar refractivity (Wildman–Crippen MR) is 378 cm³/mol. The molecule has 87 heavy (non-hydrogen) atoms. The fourth-order valence-corrected chi connectivity index (χ4v) is 10.4. The minimum atomic E-state index is -4.47. The summed E-state index contributed by atoms with van der Waals surface area (Å²) in [6, 6.07) is -0.871. The van der Waals surface area contributed by atoms with Crippen LogP contribution in [-0.4, -0.2) is 74.3 Å². The fraction of sp³-hybridized carbons (Fsp3) is 0.688. The molecule has 2 N–H and O–H groups in total. The second kappa shape index (κ2) is 65.1. The number of nitrogens with zero attached hydrogens (tertiary/aromatic N) is 1. The van der Waals surface area contributed by atoms with Crippen LogP contribution in [0.2, 0.25) is 0 Å². The summed E-state index contributed by atoms with van der Waals surface area (Å²) in [5.74, 6) is -0.543. The van der Waals surface area contributed by atoms with Gasteiger partial charge in [-0.2, -0.15) is 0 Å². The van der Waals surface area contributed by atoms with Crippen molar-refractivity contribution in [1.82, 2.24) is 5.32 Å². The zero-order chi connectivity index (χ0) is 63.5. The average Bonchev–Trinajstić information content (AvgIpc) is 3.70. The normalized spacial score (nSPS) is 14.3. The van der Waals surface area contributed by atoms with E-state index in [2.05, 4.69) is 148 Å². The summed E-state index contributed by atoms with van der Waals surface area (Å²) in [7, 11) is 1.46. The number of hydrogen-bond acceptors (Lipinski definition) is 6. The molecular weight excluding hydrogens is 1100 g/mol. The van der Waals surface area contributed by atoms with Crippen LogP contribution >= 0.6 is 7.82 Å². The number of likely N-dealkylation sites (N-methyl/N-ethyl adjacent to an activating group) is 1. The van der Waals surface area contributed by atoms with E-state index >= 15 is 0 Å². The van der Waals surface area contributed by atoms with Crippen molar-refractivity contribution in [3.8, 4) is 0 Å². The number of nitrogens with one attached hydrogen (secondary N) is 1. The molecule has 0 aliphatic rings. The van der Waals surface area contributed by atoms with E-state index in [4.69, 9.17) is 13.8 Å². The summed E-state index contributed by atoms with van der Waals surface area (Å²) in [4.78, 5) is 37.9. The first kappa shape index (κ1) is 83.2. The number of quaternary nitrogens is 1. The standard InChI is InChI=1S/C77H133N2O7P/c1-7-10-13-16-19-22-25-27-29-31-33-35-37-38-39-40-42-43-45-47-49-51-54-57-60-63-66-69-76(80)78-74(73-85-87(82,83)84-72-71-79(4,5)6)75(68-65-62-59-56-53-24-21-18-15-12-9-3)86-77(81)70-67-64-61-58-55-52-50-48-46-44-41-36-34-32-30-28-26-23-20-17-14-11-8-2/h11,14,19-20,22-23,27-30,33-36,38-39,44,46,50,52,65,68,74-75H,7-10,12-13,15-18,21,24-26,31-32,37,40-43,45,47-49,51,53-64,66-67,69-73H2,1-6H3,(H-,78,80,82,83)/p+1/b14-11-,22-19-,23-20-,29-27-,30-28-,35-33-,36-34-,39-38-,46-44-,52-50-,68-65-. The van der Waals surface area contributed by atoms with Crippen LogP contribution in [0.4, 0.5) is 0 Å². The highest BCUT2D eigenvalue weighted by Gasteiger charge is 2.30. The van der Waals surface area contributed by atoms with Gasteiger partial charge in [-0.05, 0) is 128 Å². The number of hydrogen-bond donors (Lipinski definition) is 2. The summed E-state index contributed by atoms with van der Waals surface area (Å²) in [6.45, 7) is 6.85. The number of phosphoric ester groups is 1. The first-order chi connectivity index (χ1) is 42.4. The van der Waals surface area contributed by atoms with Crippen LogP contribution < -0.4 is 5.32 Å². The lowest BCUT2D eigenvalue weighted by Gasteiger charge is -2.27. The van der Waals surface area contributed by atoms with Crippen LogP contribution in [0.15, 0.2) is 134 Å². The summed E-state index contributed by atoms with van der Waals surface area (Å²) in [5, 5.41) is 3.06. The van der Waals surface area contributed by atoms with Crippen molar-refractivity contribution in [3.05, 3.63) is 134 Å². The first-order valence-corrected chi connectivity index (χ1v) is 37.0. The largest absolute Gasteiger partial charge is 0.472 e. The van der Waals surface area contributed by atoms with Crippen molar-refractivity contribution in [2.24, 2.45) is 0 Å². The Balaban J connectivity index is 5.09. The molecule has 0 saturated heterocycles. The van der Waals surface area contributed by atoms with Gasteiger partial charge in [0.05, 0.1) is 33.8 Å².